The van der Waals surface area contributed by atoms with E-state index in [9.17, 15) is 0 Å². The van der Waals surface area contributed by atoms with Crippen molar-refractivity contribution in [2.75, 3.05) is 11.8 Å². The van der Waals surface area contributed by atoms with Crippen molar-refractivity contribution in [3.05, 3.63) is 0 Å². The van der Waals surface area contributed by atoms with Crippen LogP contribution in [0.25, 0.3) is 0 Å². The molecule has 0 bridgehead atoms. The molecular formula is C15H26Cl2N2. The Morgan fingerprint density at radius 3 is 1.37 bits per heavy atom. The van der Waals surface area contributed by atoms with Gasteiger partial charge in [-0.2, -0.15) is 0 Å². The van der Waals surface area contributed by atoms with Crippen molar-refractivity contribution in [1.82, 2.24) is 0 Å². The smallest absolute Gasteiger partial charge is 0.0898 e. The zero-order chi connectivity index (χ0) is 13.8. The topological polar surface area (TPSA) is 24.7 Å². The van der Waals surface area contributed by atoms with Gasteiger partial charge in [-0.05, 0) is 25.7 Å². The second-order valence-electron chi connectivity index (χ2n) is 5.32. The summed E-state index contributed by atoms with van der Waals surface area (Å²) in [6.07, 6.45) is 13.2. The summed E-state index contributed by atoms with van der Waals surface area (Å²) in [5, 5.41) is 0. The van der Waals surface area contributed by atoms with Crippen LogP contribution in [0.4, 0.5) is 0 Å². The Bertz CT molecular complexity index is 239. The molecule has 2 fully saturated rings. The van der Waals surface area contributed by atoms with Crippen LogP contribution in [0.3, 0.4) is 0 Å². The number of hydrogen-bond donors (Lipinski definition) is 0. The highest BCUT2D eigenvalue weighted by molar-refractivity contribution is 6.25. The Balaban J connectivity index is 0.000000399. The zero-order valence-electron chi connectivity index (χ0n) is 11.8. The molecule has 0 amide bonds. The Labute approximate surface area is 127 Å². The summed E-state index contributed by atoms with van der Waals surface area (Å²) in [5.74, 6) is 1.11. The second kappa shape index (κ2) is 11.8. The van der Waals surface area contributed by atoms with Crippen molar-refractivity contribution in [2.24, 2.45) is 9.98 Å². The summed E-state index contributed by atoms with van der Waals surface area (Å²) >= 11 is 10.1. The molecule has 0 aromatic rings. The molecule has 2 aliphatic carbocycles. The molecule has 0 aliphatic heterocycles. The first-order valence-electron chi connectivity index (χ1n) is 7.63. The van der Waals surface area contributed by atoms with E-state index in [1.807, 2.05) is 0 Å². The molecule has 0 heterocycles. The van der Waals surface area contributed by atoms with Crippen LogP contribution in [0.5, 0.6) is 0 Å². The van der Waals surface area contributed by atoms with Crippen LogP contribution in [0.1, 0.15) is 64.2 Å². The fraction of sp³-hybridized carbons (Fsp3) is 0.933. The molecule has 2 nitrogen and oxygen atoms in total. The van der Waals surface area contributed by atoms with Crippen LogP contribution in [0, 0.1) is 0 Å². The minimum atomic E-state index is 0.533. The van der Waals surface area contributed by atoms with Crippen LogP contribution < -0.4 is 0 Å². The standard InChI is InChI=1S/C13H22N2.C2H4Cl2/c1-3-7-12(8-4-1)14-11-15-13-9-5-2-6-10-13;3-1-2-4/h12-13H,1-10H2;1-2H2. The molecule has 0 saturated heterocycles. The third-order valence-electron chi connectivity index (χ3n) is 3.70. The lowest BCUT2D eigenvalue weighted by molar-refractivity contribution is 0.438. The molecule has 0 N–H and O–H groups in total. The van der Waals surface area contributed by atoms with Gasteiger partial charge in [0.1, 0.15) is 0 Å². The quantitative estimate of drug-likeness (QED) is 0.500. The molecule has 0 unspecified atom stereocenters. The maximum Gasteiger partial charge on any atom is 0.0898 e. The summed E-state index contributed by atoms with van der Waals surface area (Å²) in [5.41, 5.74) is 0. The van der Waals surface area contributed by atoms with Crippen LogP contribution >= 0.6 is 23.2 Å². The summed E-state index contributed by atoms with van der Waals surface area (Å²) < 4.78 is 0. The lowest BCUT2D eigenvalue weighted by atomic mass is 9.96. The predicted molar refractivity (Wildman–Crippen MR) is 85.0 cm³/mol. The molecule has 0 aromatic carbocycles. The van der Waals surface area contributed by atoms with Crippen LogP contribution in [0.2, 0.25) is 0 Å². The highest BCUT2D eigenvalue weighted by atomic mass is 35.5. The van der Waals surface area contributed by atoms with Crippen LogP contribution in [0.15, 0.2) is 9.98 Å². The maximum atomic E-state index is 5.05. The van der Waals surface area contributed by atoms with Gasteiger partial charge in [0.05, 0.1) is 18.1 Å². The molecule has 0 aromatic heterocycles. The number of rotatable bonds is 3. The number of nitrogens with zero attached hydrogens (tertiary/aromatic N) is 2. The third-order valence-corrected chi connectivity index (χ3v) is 4.27. The lowest BCUT2D eigenvalue weighted by Crippen LogP contribution is -2.10. The monoisotopic (exact) mass is 304 g/mol. The molecule has 0 radical (unpaired) electrons. The predicted octanol–water partition coefficient (Wildman–Crippen LogP) is 5.29. The molecule has 0 atom stereocenters. The molecule has 0 spiro atoms. The van der Waals surface area contributed by atoms with Gasteiger partial charge in [0, 0.05) is 11.8 Å². The molecular weight excluding hydrogens is 279 g/mol. The first kappa shape index (κ1) is 17.0. The van der Waals surface area contributed by atoms with Crippen molar-refractivity contribution in [3.8, 4) is 0 Å². The van der Waals surface area contributed by atoms with Gasteiger partial charge >= 0.3 is 0 Å². The van der Waals surface area contributed by atoms with E-state index in [-0.39, 0.29) is 0 Å². The number of halogens is 2. The Hall–Kier alpha value is -0.0400. The van der Waals surface area contributed by atoms with Gasteiger partial charge in [-0.15, -0.1) is 23.2 Å². The molecule has 2 saturated carbocycles. The molecule has 110 valence electrons. The number of hydrogen-bond acceptors (Lipinski definition) is 2. The highest BCUT2D eigenvalue weighted by Gasteiger charge is 2.12. The third kappa shape index (κ3) is 8.68. The van der Waals surface area contributed by atoms with Gasteiger partial charge in [0.15, 0.2) is 0 Å². The van der Waals surface area contributed by atoms with Crippen molar-refractivity contribution >= 4 is 29.2 Å². The summed E-state index contributed by atoms with van der Waals surface area (Å²) in [7, 11) is 0. The van der Waals surface area contributed by atoms with Crippen molar-refractivity contribution in [2.45, 2.75) is 76.3 Å². The Morgan fingerprint density at radius 1 is 0.684 bits per heavy atom. The Kier molecular flexibility index (Phi) is 10.5. The average Bonchev–Trinajstić information content (AvgIpc) is 2.50. The van der Waals surface area contributed by atoms with E-state index in [4.69, 9.17) is 23.2 Å². The fourth-order valence-electron chi connectivity index (χ4n) is 2.62. The van der Waals surface area contributed by atoms with Gasteiger partial charge in [-0.25, -0.2) is 9.98 Å². The summed E-state index contributed by atoms with van der Waals surface area (Å²) in [6, 6.07) is 4.04. The Morgan fingerprint density at radius 2 is 1.05 bits per heavy atom. The first-order chi connectivity index (χ1) is 9.36. The minimum absolute atomic E-state index is 0.533. The van der Waals surface area contributed by atoms with Gasteiger partial charge in [-0.1, -0.05) is 38.5 Å². The SMILES string of the molecule is C(=NC1CCCCC1)=NC1CCCCC1.ClCCCl. The normalized spacial score (nSPS) is 20.9. The average molecular weight is 305 g/mol. The summed E-state index contributed by atoms with van der Waals surface area (Å²) in [6.45, 7) is 0. The first-order valence-corrected chi connectivity index (χ1v) is 8.70. The lowest BCUT2D eigenvalue weighted by Gasteiger charge is -2.17. The van der Waals surface area contributed by atoms with Crippen molar-refractivity contribution in [3.63, 3.8) is 0 Å². The maximum absolute atomic E-state index is 5.05. The largest absolute Gasteiger partial charge is 0.222 e. The number of aliphatic imine (C=N–C) groups is 2. The molecule has 2 rings (SSSR count). The van der Waals surface area contributed by atoms with E-state index in [0.29, 0.717) is 23.8 Å². The van der Waals surface area contributed by atoms with Crippen molar-refractivity contribution in [1.29, 1.82) is 0 Å². The second-order valence-corrected chi connectivity index (χ2v) is 6.08. The molecule has 4 heteroatoms. The highest BCUT2D eigenvalue weighted by Crippen LogP contribution is 2.21. The van der Waals surface area contributed by atoms with E-state index in [1.165, 1.54) is 64.2 Å². The van der Waals surface area contributed by atoms with E-state index in [0.717, 1.165) is 0 Å². The zero-order valence-corrected chi connectivity index (χ0v) is 13.3. The van der Waals surface area contributed by atoms with Gasteiger partial charge in [-0.3, -0.25) is 0 Å². The van der Waals surface area contributed by atoms with Crippen LogP contribution in [-0.4, -0.2) is 29.9 Å². The molecule has 2 aliphatic rings. The van der Waals surface area contributed by atoms with E-state index in [1.54, 1.807) is 0 Å². The molecule has 19 heavy (non-hydrogen) atoms. The van der Waals surface area contributed by atoms with Crippen molar-refractivity contribution < 1.29 is 0 Å². The van der Waals surface area contributed by atoms with E-state index >= 15 is 0 Å². The summed E-state index contributed by atoms with van der Waals surface area (Å²) in [4.78, 5) is 8.92. The van der Waals surface area contributed by atoms with E-state index < -0.39 is 0 Å². The number of alkyl halides is 2. The van der Waals surface area contributed by atoms with Gasteiger partial charge in [0.25, 0.3) is 0 Å². The van der Waals surface area contributed by atoms with Crippen LogP contribution in [-0.2, 0) is 0 Å². The van der Waals surface area contributed by atoms with Gasteiger partial charge < -0.3 is 0 Å². The van der Waals surface area contributed by atoms with Gasteiger partial charge in [0.2, 0.25) is 0 Å². The van der Waals surface area contributed by atoms with E-state index in [2.05, 4.69) is 16.0 Å². The fourth-order valence-corrected chi connectivity index (χ4v) is 2.62. The minimum Gasteiger partial charge on any atom is -0.222 e.